The molecule has 1 saturated carbocycles. The Morgan fingerprint density at radius 1 is 1.37 bits per heavy atom. The molecule has 1 aromatic carbocycles. The highest BCUT2D eigenvalue weighted by Crippen LogP contribution is 2.41. The van der Waals surface area contributed by atoms with Gasteiger partial charge in [0.2, 0.25) is 0 Å². The van der Waals surface area contributed by atoms with Crippen LogP contribution in [0.2, 0.25) is 5.02 Å². The van der Waals surface area contributed by atoms with Gasteiger partial charge in [-0.25, -0.2) is 4.98 Å². The van der Waals surface area contributed by atoms with E-state index in [1.807, 2.05) is 31.6 Å². The van der Waals surface area contributed by atoms with Gasteiger partial charge in [-0.15, -0.1) is 0 Å². The van der Waals surface area contributed by atoms with Gasteiger partial charge in [0.15, 0.2) is 0 Å². The summed E-state index contributed by atoms with van der Waals surface area (Å²) in [4.78, 5) is 4.35. The maximum Gasteiger partial charge on any atom is 0.122 e. The van der Waals surface area contributed by atoms with Crippen molar-refractivity contribution in [2.24, 2.45) is 13.0 Å². The van der Waals surface area contributed by atoms with E-state index < -0.39 is 0 Å². The first-order valence-electron chi connectivity index (χ1n) is 6.69. The molecule has 0 amide bonds. The van der Waals surface area contributed by atoms with Gasteiger partial charge in [0.25, 0.3) is 0 Å². The minimum Gasteiger partial charge on any atom is -0.337 e. The van der Waals surface area contributed by atoms with E-state index in [2.05, 4.69) is 27.0 Å². The van der Waals surface area contributed by atoms with Crippen LogP contribution in [0.5, 0.6) is 0 Å². The lowest BCUT2D eigenvalue weighted by molar-refractivity contribution is 0.467. The summed E-state index contributed by atoms with van der Waals surface area (Å²) in [6, 6.07) is 8.59. The van der Waals surface area contributed by atoms with E-state index in [1.54, 1.807) is 0 Å². The van der Waals surface area contributed by atoms with Crippen molar-refractivity contribution in [2.75, 3.05) is 0 Å². The zero-order chi connectivity index (χ0) is 13.2. The maximum atomic E-state index is 5.96. The Kier molecular flexibility index (Phi) is 3.58. The first-order valence-corrected chi connectivity index (χ1v) is 7.07. The Hall–Kier alpha value is -1.32. The number of hydrogen-bond donors (Lipinski definition) is 1. The predicted octanol–water partition coefficient (Wildman–Crippen LogP) is 3.31. The van der Waals surface area contributed by atoms with Crippen molar-refractivity contribution in [3.05, 3.63) is 53.1 Å². The SMILES string of the molecule is Cn1ccnc1CNC(c1ccc(Cl)cc1)C1CC1. The largest absolute Gasteiger partial charge is 0.337 e. The smallest absolute Gasteiger partial charge is 0.122 e. The lowest BCUT2D eigenvalue weighted by Crippen LogP contribution is -2.24. The Labute approximate surface area is 118 Å². The van der Waals surface area contributed by atoms with Crippen molar-refractivity contribution in [1.29, 1.82) is 0 Å². The Balaban J connectivity index is 1.71. The third-order valence-corrected chi connectivity index (χ3v) is 3.98. The molecule has 3 rings (SSSR count). The highest BCUT2D eigenvalue weighted by atomic mass is 35.5. The first kappa shape index (κ1) is 12.7. The van der Waals surface area contributed by atoms with Crippen LogP contribution in [-0.4, -0.2) is 9.55 Å². The van der Waals surface area contributed by atoms with Crippen molar-refractivity contribution >= 4 is 11.6 Å². The third-order valence-electron chi connectivity index (χ3n) is 3.72. The van der Waals surface area contributed by atoms with E-state index in [9.17, 15) is 0 Å². The number of aryl methyl sites for hydroxylation is 1. The van der Waals surface area contributed by atoms with E-state index in [0.29, 0.717) is 6.04 Å². The summed E-state index contributed by atoms with van der Waals surface area (Å²) >= 11 is 5.96. The second-order valence-electron chi connectivity index (χ2n) is 5.20. The molecule has 1 N–H and O–H groups in total. The lowest BCUT2D eigenvalue weighted by Gasteiger charge is -2.18. The summed E-state index contributed by atoms with van der Waals surface area (Å²) in [5, 5.41) is 4.43. The highest BCUT2D eigenvalue weighted by molar-refractivity contribution is 6.30. The standard InChI is InChI=1S/C15H18ClN3/c1-19-9-8-17-14(19)10-18-15(11-2-3-11)12-4-6-13(16)7-5-12/h4-9,11,15,18H,2-3,10H2,1H3. The molecule has 1 heterocycles. The molecule has 100 valence electrons. The Bertz CT molecular complexity index is 543. The van der Waals surface area contributed by atoms with Gasteiger partial charge in [-0.05, 0) is 36.5 Å². The molecule has 1 atom stereocenters. The number of imidazole rings is 1. The van der Waals surface area contributed by atoms with E-state index in [1.165, 1.54) is 18.4 Å². The minimum atomic E-state index is 0.411. The van der Waals surface area contributed by atoms with Crippen LogP contribution in [0.3, 0.4) is 0 Å². The molecule has 0 spiro atoms. The van der Waals surface area contributed by atoms with E-state index in [4.69, 9.17) is 11.6 Å². The third kappa shape index (κ3) is 2.99. The summed E-state index contributed by atoms with van der Waals surface area (Å²) < 4.78 is 2.05. The lowest BCUT2D eigenvalue weighted by atomic mass is 10.0. The second-order valence-corrected chi connectivity index (χ2v) is 5.64. The molecule has 0 radical (unpaired) electrons. The molecule has 3 nitrogen and oxygen atoms in total. The molecule has 19 heavy (non-hydrogen) atoms. The molecule has 1 aliphatic carbocycles. The van der Waals surface area contributed by atoms with E-state index in [0.717, 1.165) is 23.3 Å². The summed E-state index contributed by atoms with van der Waals surface area (Å²) in [5.74, 6) is 1.82. The number of nitrogens with one attached hydrogen (secondary N) is 1. The number of rotatable bonds is 5. The molecule has 1 unspecified atom stereocenters. The van der Waals surface area contributed by atoms with Gasteiger partial charge in [-0.3, -0.25) is 0 Å². The minimum absolute atomic E-state index is 0.411. The summed E-state index contributed by atoms with van der Waals surface area (Å²) in [7, 11) is 2.03. The molecule has 2 aromatic rings. The van der Waals surface area contributed by atoms with Crippen LogP contribution < -0.4 is 5.32 Å². The monoisotopic (exact) mass is 275 g/mol. The van der Waals surface area contributed by atoms with Crippen molar-refractivity contribution in [1.82, 2.24) is 14.9 Å². The average molecular weight is 276 g/mol. The van der Waals surface area contributed by atoms with Crippen molar-refractivity contribution in [3.8, 4) is 0 Å². The van der Waals surface area contributed by atoms with Gasteiger partial charge in [-0.1, -0.05) is 23.7 Å². The molecular formula is C15H18ClN3. The Morgan fingerprint density at radius 3 is 2.68 bits per heavy atom. The molecule has 1 fully saturated rings. The summed E-state index contributed by atoms with van der Waals surface area (Å²) in [6.07, 6.45) is 6.43. The predicted molar refractivity (Wildman–Crippen MR) is 77.0 cm³/mol. The van der Waals surface area contributed by atoms with Gasteiger partial charge in [0.05, 0.1) is 6.54 Å². The van der Waals surface area contributed by atoms with Crippen LogP contribution in [0.1, 0.15) is 30.3 Å². The van der Waals surface area contributed by atoms with Gasteiger partial charge in [0, 0.05) is 30.5 Å². The number of halogens is 1. The average Bonchev–Trinajstić information content (AvgIpc) is 3.16. The van der Waals surface area contributed by atoms with Crippen molar-refractivity contribution in [2.45, 2.75) is 25.4 Å². The number of benzene rings is 1. The van der Waals surface area contributed by atoms with Gasteiger partial charge in [0.1, 0.15) is 5.82 Å². The quantitative estimate of drug-likeness (QED) is 0.907. The number of aromatic nitrogens is 2. The topological polar surface area (TPSA) is 29.9 Å². The fourth-order valence-corrected chi connectivity index (χ4v) is 2.55. The van der Waals surface area contributed by atoms with Crippen LogP contribution in [0.15, 0.2) is 36.7 Å². The van der Waals surface area contributed by atoms with Crippen LogP contribution in [-0.2, 0) is 13.6 Å². The summed E-state index contributed by atoms with van der Waals surface area (Å²) in [6.45, 7) is 0.799. The number of nitrogens with zero attached hydrogens (tertiary/aromatic N) is 2. The van der Waals surface area contributed by atoms with Crippen LogP contribution >= 0.6 is 11.6 Å². The van der Waals surface area contributed by atoms with Crippen LogP contribution in [0.25, 0.3) is 0 Å². The fraction of sp³-hybridized carbons (Fsp3) is 0.400. The van der Waals surface area contributed by atoms with Crippen LogP contribution in [0, 0.1) is 5.92 Å². The van der Waals surface area contributed by atoms with E-state index >= 15 is 0 Å². The number of hydrogen-bond acceptors (Lipinski definition) is 2. The van der Waals surface area contributed by atoms with Gasteiger partial charge >= 0.3 is 0 Å². The molecule has 1 aliphatic rings. The highest BCUT2D eigenvalue weighted by Gasteiger charge is 2.32. The Morgan fingerprint density at radius 2 is 2.11 bits per heavy atom. The van der Waals surface area contributed by atoms with Crippen LogP contribution in [0.4, 0.5) is 0 Å². The van der Waals surface area contributed by atoms with Gasteiger partial charge in [-0.2, -0.15) is 0 Å². The van der Waals surface area contributed by atoms with Gasteiger partial charge < -0.3 is 9.88 Å². The maximum absolute atomic E-state index is 5.96. The molecule has 4 heteroatoms. The zero-order valence-corrected chi connectivity index (χ0v) is 11.8. The van der Waals surface area contributed by atoms with Crippen molar-refractivity contribution < 1.29 is 0 Å². The molecule has 0 bridgehead atoms. The fourth-order valence-electron chi connectivity index (χ4n) is 2.42. The second kappa shape index (κ2) is 5.35. The zero-order valence-electron chi connectivity index (χ0n) is 11.0. The first-order chi connectivity index (χ1) is 9.24. The molecule has 0 aliphatic heterocycles. The molecule has 0 saturated heterocycles. The molecular weight excluding hydrogens is 258 g/mol. The van der Waals surface area contributed by atoms with E-state index in [-0.39, 0.29) is 0 Å². The normalized spacial score (nSPS) is 16.5. The van der Waals surface area contributed by atoms with Crippen molar-refractivity contribution in [3.63, 3.8) is 0 Å². The molecule has 1 aromatic heterocycles. The summed E-state index contributed by atoms with van der Waals surface area (Å²) in [5.41, 5.74) is 1.32.